The van der Waals surface area contributed by atoms with Crippen LogP contribution < -0.4 is 15.5 Å². The molecule has 3 N–H and O–H groups in total. The third-order valence-corrected chi connectivity index (χ3v) is 7.98. The Hall–Kier alpha value is -3.92. The molecule has 0 amide bonds. The van der Waals surface area contributed by atoms with Crippen LogP contribution in [0.5, 0.6) is 5.75 Å². The van der Waals surface area contributed by atoms with E-state index in [2.05, 4.69) is 151 Å². The highest BCUT2D eigenvalue weighted by atomic mass is 16.3. The lowest BCUT2D eigenvalue weighted by Gasteiger charge is -2.34. The molecule has 4 rings (SSSR count). The van der Waals surface area contributed by atoms with Crippen LogP contribution >= 0.6 is 0 Å². The topological polar surface area (TPSA) is 47.5 Å². The highest BCUT2D eigenvalue weighted by Gasteiger charge is 2.27. The van der Waals surface area contributed by atoms with Gasteiger partial charge in [0.2, 0.25) is 0 Å². The van der Waals surface area contributed by atoms with E-state index in [1.54, 1.807) is 0 Å². The minimum absolute atomic E-state index is 0.0139. The summed E-state index contributed by atoms with van der Waals surface area (Å²) in [5.74, 6) is 0.989. The Bertz CT molecular complexity index is 1460. The zero-order valence-corrected chi connectivity index (χ0v) is 27.6. The van der Waals surface area contributed by atoms with Gasteiger partial charge in [0.1, 0.15) is 5.75 Å². The molecule has 4 aromatic carbocycles. The summed E-state index contributed by atoms with van der Waals surface area (Å²) >= 11 is 0. The van der Waals surface area contributed by atoms with Crippen LogP contribution in [0.2, 0.25) is 0 Å². The smallest absolute Gasteiger partial charge is 0.124 e. The molecular formula is C39H51N3O. The van der Waals surface area contributed by atoms with Crippen molar-refractivity contribution in [1.82, 2.24) is 0 Å². The summed E-state index contributed by atoms with van der Waals surface area (Å²) in [4.78, 5) is 2.45. The number of hydrogen-bond acceptors (Lipinski definition) is 4. The molecular weight excluding hydrogens is 526 g/mol. The van der Waals surface area contributed by atoms with Gasteiger partial charge in [0, 0.05) is 46.6 Å². The first-order valence-electron chi connectivity index (χ1n) is 15.6. The van der Waals surface area contributed by atoms with Gasteiger partial charge in [-0.3, -0.25) is 0 Å². The van der Waals surface area contributed by atoms with E-state index in [0.29, 0.717) is 24.3 Å². The summed E-state index contributed by atoms with van der Waals surface area (Å²) in [7, 11) is 0. The summed E-state index contributed by atoms with van der Waals surface area (Å²) in [5.41, 5.74) is 8.43. The van der Waals surface area contributed by atoms with Gasteiger partial charge in [-0.1, -0.05) is 79.7 Å². The molecule has 0 saturated heterocycles. The van der Waals surface area contributed by atoms with Gasteiger partial charge in [0.15, 0.2) is 0 Å². The van der Waals surface area contributed by atoms with E-state index in [1.165, 1.54) is 5.56 Å². The number of phenolic OH excluding ortho intramolecular Hbond substituents is 1. The lowest BCUT2D eigenvalue weighted by molar-refractivity contribution is 0.432. The highest BCUT2D eigenvalue weighted by molar-refractivity contribution is 5.67. The largest absolute Gasteiger partial charge is 0.507 e. The van der Waals surface area contributed by atoms with Crippen molar-refractivity contribution in [2.24, 2.45) is 5.92 Å². The van der Waals surface area contributed by atoms with Crippen LogP contribution in [0.4, 0.5) is 28.4 Å². The molecule has 0 aromatic heterocycles. The van der Waals surface area contributed by atoms with Crippen LogP contribution in [0.1, 0.15) is 85.4 Å². The van der Waals surface area contributed by atoms with Gasteiger partial charge >= 0.3 is 0 Å². The van der Waals surface area contributed by atoms with Gasteiger partial charge < -0.3 is 20.6 Å². The third kappa shape index (κ3) is 8.56. The van der Waals surface area contributed by atoms with Crippen molar-refractivity contribution < 1.29 is 5.11 Å². The van der Waals surface area contributed by atoms with Crippen molar-refractivity contribution >= 4 is 28.4 Å². The Kier molecular flexibility index (Phi) is 9.79. The maximum absolute atomic E-state index is 11.5. The molecule has 1 atom stereocenters. The van der Waals surface area contributed by atoms with E-state index in [9.17, 15) is 5.11 Å². The second-order valence-electron chi connectivity index (χ2n) is 14.4. The summed E-state index contributed by atoms with van der Waals surface area (Å²) in [6, 6.07) is 32.0. The van der Waals surface area contributed by atoms with E-state index in [1.807, 2.05) is 18.2 Å². The molecule has 0 aliphatic carbocycles. The van der Waals surface area contributed by atoms with Crippen molar-refractivity contribution in [3.63, 3.8) is 0 Å². The minimum atomic E-state index is -0.155. The van der Waals surface area contributed by atoms with Crippen molar-refractivity contribution in [3.05, 3.63) is 108 Å². The van der Waals surface area contributed by atoms with E-state index in [4.69, 9.17) is 0 Å². The van der Waals surface area contributed by atoms with Crippen molar-refractivity contribution in [2.75, 3.05) is 15.5 Å². The maximum Gasteiger partial charge on any atom is 0.124 e. The Morgan fingerprint density at radius 2 is 1.14 bits per heavy atom. The number of rotatable bonds is 10. The molecule has 0 bridgehead atoms. The Morgan fingerprint density at radius 1 is 0.651 bits per heavy atom. The van der Waals surface area contributed by atoms with Crippen LogP contribution in [0.25, 0.3) is 0 Å². The zero-order chi connectivity index (χ0) is 31.4. The van der Waals surface area contributed by atoms with Gasteiger partial charge in [-0.15, -0.1) is 0 Å². The molecule has 0 fully saturated rings. The van der Waals surface area contributed by atoms with Crippen molar-refractivity contribution in [3.8, 4) is 5.75 Å². The number of nitrogens with one attached hydrogen (secondary N) is 2. The standard InChI is InChI=1S/C39H51N3O/c1-27(2)23-28(3)42(26-29-24-30(38(4,5)6)25-36(37(29)43)39(7,8)9)35-21-19-34(20-22-35)41-33-17-15-32(16-18-33)40-31-13-11-10-12-14-31/h10-22,24-25,27-28,40-41,43H,23,26H2,1-9H3. The lowest BCUT2D eigenvalue weighted by atomic mass is 9.79. The molecule has 0 aliphatic rings. The normalized spacial score (nSPS) is 12.7. The summed E-state index contributed by atoms with van der Waals surface area (Å²) in [6.07, 6.45) is 1.06. The fourth-order valence-electron chi connectivity index (χ4n) is 5.54. The van der Waals surface area contributed by atoms with Gasteiger partial charge in [-0.2, -0.15) is 0 Å². The predicted octanol–water partition coefficient (Wildman–Crippen LogP) is 10.9. The van der Waals surface area contributed by atoms with E-state index < -0.39 is 0 Å². The van der Waals surface area contributed by atoms with Crippen LogP contribution in [-0.2, 0) is 17.4 Å². The lowest BCUT2D eigenvalue weighted by Crippen LogP contribution is -2.34. The number of nitrogens with zero attached hydrogens (tertiary/aromatic N) is 1. The summed E-state index contributed by atoms with van der Waals surface area (Å²) < 4.78 is 0. The van der Waals surface area contributed by atoms with Gasteiger partial charge in [-0.25, -0.2) is 0 Å². The number of anilines is 5. The SMILES string of the molecule is CC(C)CC(C)N(Cc1cc(C(C)(C)C)cc(C(C)(C)C)c1O)c1ccc(Nc2ccc(Nc3ccccc3)cc2)cc1. The fraction of sp³-hybridized carbons (Fsp3) is 0.385. The molecule has 4 nitrogen and oxygen atoms in total. The predicted molar refractivity (Wildman–Crippen MR) is 186 cm³/mol. The summed E-state index contributed by atoms with van der Waals surface area (Å²) in [6.45, 7) is 20.8. The quantitative estimate of drug-likeness (QED) is 0.175. The molecule has 0 heterocycles. The molecule has 1 unspecified atom stereocenters. The van der Waals surface area contributed by atoms with E-state index in [0.717, 1.165) is 46.0 Å². The van der Waals surface area contributed by atoms with Gasteiger partial charge in [-0.05, 0) is 108 Å². The minimum Gasteiger partial charge on any atom is -0.507 e. The molecule has 4 aromatic rings. The molecule has 0 saturated carbocycles. The van der Waals surface area contributed by atoms with E-state index >= 15 is 0 Å². The van der Waals surface area contributed by atoms with Gasteiger partial charge in [0.25, 0.3) is 0 Å². The van der Waals surface area contributed by atoms with Crippen LogP contribution in [0, 0.1) is 5.92 Å². The van der Waals surface area contributed by atoms with Crippen molar-refractivity contribution in [2.45, 2.75) is 92.2 Å². The molecule has 4 heteroatoms. The Labute approximate surface area is 260 Å². The van der Waals surface area contributed by atoms with Crippen LogP contribution in [0.3, 0.4) is 0 Å². The number of hydrogen-bond donors (Lipinski definition) is 3. The number of aromatic hydroxyl groups is 1. The number of para-hydroxylation sites is 1. The molecule has 43 heavy (non-hydrogen) atoms. The molecule has 0 aliphatic heterocycles. The maximum atomic E-state index is 11.5. The Balaban J connectivity index is 1.58. The monoisotopic (exact) mass is 577 g/mol. The second kappa shape index (κ2) is 13.2. The molecule has 0 spiro atoms. The third-order valence-electron chi connectivity index (χ3n) is 7.98. The zero-order valence-electron chi connectivity index (χ0n) is 27.6. The average molecular weight is 578 g/mol. The van der Waals surface area contributed by atoms with Crippen LogP contribution in [-0.4, -0.2) is 11.1 Å². The highest BCUT2D eigenvalue weighted by Crippen LogP contribution is 2.39. The first-order chi connectivity index (χ1) is 20.2. The summed E-state index contributed by atoms with van der Waals surface area (Å²) in [5, 5.41) is 18.5. The first kappa shape index (κ1) is 32.0. The fourth-order valence-corrected chi connectivity index (χ4v) is 5.54. The molecule has 0 radical (unpaired) electrons. The van der Waals surface area contributed by atoms with Gasteiger partial charge in [0.05, 0.1) is 0 Å². The first-order valence-corrected chi connectivity index (χ1v) is 15.6. The van der Waals surface area contributed by atoms with Crippen LogP contribution in [0.15, 0.2) is 91.0 Å². The number of benzene rings is 4. The average Bonchev–Trinajstić information content (AvgIpc) is 2.93. The number of phenols is 1. The van der Waals surface area contributed by atoms with E-state index in [-0.39, 0.29) is 10.8 Å². The molecule has 228 valence electrons. The van der Waals surface area contributed by atoms with Crippen molar-refractivity contribution in [1.29, 1.82) is 0 Å². The second-order valence-corrected chi connectivity index (χ2v) is 14.4. The Morgan fingerprint density at radius 3 is 1.60 bits per heavy atom.